The molecule has 0 unspecified atom stereocenters. The average Bonchev–Trinajstić information content (AvgIpc) is 2.91. The second-order valence-electron chi connectivity index (χ2n) is 4.83. The fourth-order valence-electron chi connectivity index (χ4n) is 2.18. The summed E-state index contributed by atoms with van der Waals surface area (Å²) in [6, 6.07) is 0. The van der Waals surface area contributed by atoms with E-state index in [0.717, 1.165) is 0 Å². The summed E-state index contributed by atoms with van der Waals surface area (Å²) in [6.07, 6.45) is 1.67. The van der Waals surface area contributed by atoms with Gasteiger partial charge in [0.15, 0.2) is 16.7 Å². The highest BCUT2D eigenvalue weighted by Crippen LogP contribution is 2.20. The molecule has 130 valence electrons. The van der Waals surface area contributed by atoms with Crippen molar-refractivity contribution in [2.24, 2.45) is 5.92 Å². The summed E-state index contributed by atoms with van der Waals surface area (Å²) in [6.45, 7) is 3.99. The minimum Gasteiger partial charge on any atom is -0.465 e. The van der Waals surface area contributed by atoms with Crippen molar-refractivity contribution in [3.05, 3.63) is 11.5 Å². The molecule has 0 atom stereocenters. The van der Waals surface area contributed by atoms with Crippen molar-refractivity contribution in [2.75, 3.05) is 18.9 Å². The van der Waals surface area contributed by atoms with E-state index >= 15 is 0 Å². The number of ether oxygens (including phenoxy) is 2. The van der Waals surface area contributed by atoms with Crippen LogP contribution in [0.4, 0.5) is 5.95 Å². The van der Waals surface area contributed by atoms with Gasteiger partial charge in [0, 0.05) is 6.54 Å². The van der Waals surface area contributed by atoms with E-state index in [0.29, 0.717) is 11.2 Å². The van der Waals surface area contributed by atoms with Crippen LogP contribution in [0.15, 0.2) is 6.33 Å². The van der Waals surface area contributed by atoms with Crippen LogP contribution in [0.3, 0.4) is 0 Å². The molecule has 0 aliphatic rings. The topological polar surface area (TPSA) is 122 Å². The monoisotopic (exact) mass is 355 g/mol. The van der Waals surface area contributed by atoms with Gasteiger partial charge in [0.05, 0.1) is 19.5 Å². The van der Waals surface area contributed by atoms with Crippen LogP contribution in [0, 0.1) is 5.92 Å². The lowest BCUT2D eigenvalue weighted by Gasteiger charge is -2.14. The van der Waals surface area contributed by atoms with Crippen LogP contribution in [0.5, 0.6) is 0 Å². The summed E-state index contributed by atoms with van der Waals surface area (Å²) in [5.74, 6) is -2.24. The largest absolute Gasteiger partial charge is 0.465 e. The number of carbonyl (C=O) groups is 2. The first-order chi connectivity index (χ1) is 11.5. The number of rotatable bonds is 7. The molecule has 0 saturated carbocycles. The molecule has 10 heteroatoms. The number of carbonyl (C=O) groups excluding carboxylic acids is 2. The Kier molecular flexibility index (Phi) is 5.91. The van der Waals surface area contributed by atoms with Crippen LogP contribution in [-0.4, -0.2) is 44.7 Å². The van der Waals surface area contributed by atoms with Gasteiger partial charge in [-0.3, -0.25) is 9.59 Å². The number of aromatic nitrogens is 4. The Morgan fingerprint density at radius 2 is 1.88 bits per heavy atom. The summed E-state index contributed by atoms with van der Waals surface area (Å²) in [7, 11) is 0. The highest BCUT2D eigenvalue weighted by Gasteiger charge is 2.29. The second kappa shape index (κ2) is 7.91. The Balaban J connectivity index is 2.19. The van der Waals surface area contributed by atoms with Gasteiger partial charge in [-0.15, -0.1) is 0 Å². The minimum absolute atomic E-state index is 0.0154. The van der Waals surface area contributed by atoms with E-state index in [-0.39, 0.29) is 37.3 Å². The van der Waals surface area contributed by atoms with E-state index in [1.54, 1.807) is 18.4 Å². The number of nitrogens with two attached hydrogens (primary N) is 1. The van der Waals surface area contributed by atoms with Gasteiger partial charge in [0.2, 0.25) is 5.95 Å². The zero-order valence-electron chi connectivity index (χ0n) is 13.4. The third-order valence-corrected chi connectivity index (χ3v) is 3.50. The van der Waals surface area contributed by atoms with Crippen LogP contribution < -0.4 is 5.73 Å². The molecule has 0 radical (unpaired) electrons. The molecule has 2 aromatic rings. The van der Waals surface area contributed by atoms with Crippen molar-refractivity contribution in [1.82, 2.24) is 19.5 Å². The van der Waals surface area contributed by atoms with Crippen LogP contribution >= 0.6 is 11.6 Å². The zero-order chi connectivity index (χ0) is 17.7. The van der Waals surface area contributed by atoms with Crippen molar-refractivity contribution in [2.45, 2.75) is 26.8 Å². The lowest BCUT2D eigenvalue weighted by molar-refractivity contribution is -0.162. The van der Waals surface area contributed by atoms with Crippen molar-refractivity contribution in [3.63, 3.8) is 0 Å². The lowest BCUT2D eigenvalue weighted by atomic mass is 10.1. The summed E-state index contributed by atoms with van der Waals surface area (Å²) in [5.41, 5.74) is 6.42. The minimum atomic E-state index is -1.02. The van der Waals surface area contributed by atoms with Crippen LogP contribution in [0.25, 0.3) is 11.2 Å². The van der Waals surface area contributed by atoms with Gasteiger partial charge in [-0.25, -0.2) is 4.98 Å². The molecule has 2 heterocycles. The molecule has 0 saturated heterocycles. The molecule has 24 heavy (non-hydrogen) atoms. The van der Waals surface area contributed by atoms with E-state index in [4.69, 9.17) is 26.8 Å². The number of anilines is 1. The maximum atomic E-state index is 12.0. The van der Waals surface area contributed by atoms with Gasteiger partial charge in [-0.2, -0.15) is 9.97 Å². The van der Waals surface area contributed by atoms with E-state index in [9.17, 15) is 9.59 Å². The molecule has 2 rings (SSSR count). The normalized spacial score (nSPS) is 11.0. The molecule has 0 aromatic carbocycles. The molecule has 2 aromatic heterocycles. The summed E-state index contributed by atoms with van der Waals surface area (Å²) < 4.78 is 11.5. The SMILES string of the molecule is CCOC(=O)C(CCn1cnc2c(Cl)nc(N)nc21)C(=O)OCC. The standard InChI is InChI=1S/C14H18ClN5O4/c1-3-23-12(21)8(13(22)24-4-2)5-6-20-7-17-9-10(15)18-14(16)19-11(9)20/h7-8H,3-6H2,1-2H3,(H2,16,18,19). The third kappa shape index (κ3) is 3.91. The van der Waals surface area contributed by atoms with Crippen LogP contribution in [0.2, 0.25) is 5.15 Å². The maximum absolute atomic E-state index is 12.0. The number of hydrogen-bond acceptors (Lipinski definition) is 8. The van der Waals surface area contributed by atoms with Crippen molar-refractivity contribution < 1.29 is 19.1 Å². The summed E-state index contributed by atoms with van der Waals surface area (Å²) in [5, 5.41) is 0.142. The number of hydrogen-bond donors (Lipinski definition) is 1. The fraction of sp³-hybridized carbons (Fsp3) is 0.500. The lowest BCUT2D eigenvalue weighted by Crippen LogP contribution is -2.29. The van der Waals surface area contributed by atoms with Gasteiger partial charge in [-0.1, -0.05) is 11.6 Å². The Hall–Kier alpha value is -2.42. The highest BCUT2D eigenvalue weighted by molar-refractivity contribution is 6.33. The number of fused-ring (bicyclic) bond motifs is 1. The van der Waals surface area contributed by atoms with Crippen molar-refractivity contribution in [3.8, 4) is 0 Å². The Bertz CT molecular complexity index is 730. The smallest absolute Gasteiger partial charge is 0.320 e. The molecule has 0 fully saturated rings. The number of imidazole rings is 1. The van der Waals surface area contributed by atoms with E-state index in [1.165, 1.54) is 6.33 Å². The molecule has 0 bridgehead atoms. The molecule has 0 aliphatic heterocycles. The van der Waals surface area contributed by atoms with Gasteiger partial charge < -0.3 is 19.8 Å². The van der Waals surface area contributed by atoms with Crippen LogP contribution in [0.1, 0.15) is 20.3 Å². The number of nitrogen functional groups attached to an aromatic ring is 1. The van der Waals surface area contributed by atoms with E-state index in [2.05, 4.69) is 15.0 Å². The Labute approximate surface area is 143 Å². The molecular weight excluding hydrogens is 338 g/mol. The van der Waals surface area contributed by atoms with Gasteiger partial charge in [0.25, 0.3) is 0 Å². The summed E-state index contributed by atoms with van der Waals surface area (Å²) in [4.78, 5) is 36.0. The third-order valence-electron chi connectivity index (χ3n) is 3.24. The summed E-state index contributed by atoms with van der Waals surface area (Å²) >= 11 is 5.97. The van der Waals surface area contributed by atoms with E-state index in [1.807, 2.05) is 0 Å². The fourth-order valence-corrected chi connectivity index (χ4v) is 2.39. The first-order valence-electron chi connectivity index (χ1n) is 7.45. The van der Waals surface area contributed by atoms with Crippen molar-refractivity contribution >= 4 is 40.7 Å². The molecule has 0 amide bonds. The zero-order valence-corrected chi connectivity index (χ0v) is 14.1. The quantitative estimate of drug-likeness (QED) is 0.446. The molecule has 9 nitrogen and oxygen atoms in total. The number of halogens is 1. The number of nitrogens with zero attached hydrogens (tertiary/aromatic N) is 4. The number of aryl methyl sites for hydroxylation is 1. The first-order valence-corrected chi connectivity index (χ1v) is 7.82. The van der Waals surface area contributed by atoms with Gasteiger partial charge >= 0.3 is 11.9 Å². The predicted octanol–water partition coefficient (Wildman–Crippen LogP) is 1.19. The second-order valence-corrected chi connectivity index (χ2v) is 5.19. The van der Waals surface area contributed by atoms with Crippen molar-refractivity contribution in [1.29, 1.82) is 0 Å². The Morgan fingerprint density at radius 3 is 2.46 bits per heavy atom. The first kappa shape index (κ1) is 17.9. The number of esters is 2. The molecular formula is C14H18ClN5O4. The van der Waals surface area contributed by atoms with Crippen LogP contribution in [-0.2, 0) is 25.6 Å². The van der Waals surface area contributed by atoms with E-state index < -0.39 is 17.9 Å². The predicted molar refractivity (Wildman–Crippen MR) is 86.1 cm³/mol. The Morgan fingerprint density at radius 1 is 1.25 bits per heavy atom. The molecule has 0 aliphatic carbocycles. The maximum Gasteiger partial charge on any atom is 0.320 e. The van der Waals surface area contributed by atoms with Gasteiger partial charge in [-0.05, 0) is 20.3 Å². The molecule has 0 spiro atoms. The van der Waals surface area contributed by atoms with Gasteiger partial charge in [0.1, 0.15) is 5.52 Å². The highest BCUT2D eigenvalue weighted by atomic mass is 35.5. The molecule has 2 N–H and O–H groups in total. The average molecular weight is 356 g/mol.